The van der Waals surface area contributed by atoms with Crippen LogP contribution in [0.1, 0.15) is 16.1 Å². The number of aryl methyl sites for hydroxylation is 1. The van der Waals surface area contributed by atoms with Gasteiger partial charge in [0.15, 0.2) is 0 Å². The Bertz CT molecular complexity index is 609. The van der Waals surface area contributed by atoms with E-state index in [-0.39, 0.29) is 16.1 Å². The van der Waals surface area contributed by atoms with E-state index in [0.29, 0.717) is 5.69 Å². The number of hydrogen-bond donors (Lipinski definition) is 1. The minimum Gasteiger partial charge on any atom is -0.768 e. The third kappa shape index (κ3) is 2.47. The lowest BCUT2D eigenvalue weighted by atomic mass is 10.2. The summed E-state index contributed by atoms with van der Waals surface area (Å²) >= 11 is -2.41. The van der Waals surface area contributed by atoms with E-state index in [4.69, 9.17) is 0 Å². The van der Waals surface area contributed by atoms with E-state index in [1.807, 2.05) is 0 Å². The van der Waals surface area contributed by atoms with Gasteiger partial charge >= 0.3 is 0 Å². The summed E-state index contributed by atoms with van der Waals surface area (Å²) in [5, 5.41) is 6.08. The highest BCUT2D eigenvalue weighted by Crippen LogP contribution is 2.19. The first kappa shape index (κ1) is 12.5. The standard InChI is InChI=1S/C11H10N2O4S/c1-7-8(6-17-13-7)11(14)12-9-4-2-3-5-10(9)18(15)16/h2-6H,1H3,(H,12,14)(H,15,16)/p-1. The highest BCUT2D eigenvalue weighted by atomic mass is 32.2. The fourth-order valence-electron chi connectivity index (χ4n) is 1.42. The average Bonchev–Trinajstić information content (AvgIpc) is 2.76. The Morgan fingerprint density at radius 3 is 2.78 bits per heavy atom. The second-order valence-corrected chi connectivity index (χ2v) is 4.41. The zero-order valence-electron chi connectivity index (χ0n) is 9.38. The largest absolute Gasteiger partial charge is 0.768 e. The van der Waals surface area contributed by atoms with Gasteiger partial charge in [-0.1, -0.05) is 17.3 Å². The monoisotopic (exact) mass is 265 g/mol. The van der Waals surface area contributed by atoms with Crippen molar-refractivity contribution in [3.05, 3.63) is 41.8 Å². The van der Waals surface area contributed by atoms with Gasteiger partial charge in [-0.3, -0.25) is 9.00 Å². The number of hydrogen-bond acceptors (Lipinski definition) is 5. The van der Waals surface area contributed by atoms with Gasteiger partial charge in [-0.05, 0) is 30.1 Å². The molecule has 0 fully saturated rings. The normalized spacial score (nSPS) is 12.1. The van der Waals surface area contributed by atoms with Crippen LogP contribution in [0.3, 0.4) is 0 Å². The summed E-state index contributed by atoms with van der Waals surface area (Å²) in [5.74, 6) is -0.466. The molecule has 6 nitrogen and oxygen atoms in total. The molecule has 0 aliphatic rings. The lowest BCUT2D eigenvalue weighted by Gasteiger charge is -2.12. The zero-order valence-corrected chi connectivity index (χ0v) is 10.2. The topological polar surface area (TPSA) is 95.3 Å². The molecule has 18 heavy (non-hydrogen) atoms. The predicted molar refractivity (Wildman–Crippen MR) is 62.8 cm³/mol. The highest BCUT2D eigenvalue weighted by Gasteiger charge is 2.14. The quantitative estimate of drug-likeness (QED) is 0.848. The number of aromatic nitrogens is 1. The van der Waals surface area contributed by atoms with Crippen molar-refractivity contribution in [2.75, 3.05) is 5.32 Å². The molecule has 2 aromatic rings. The highest BCUT2D eigenvalue weighted by molar-refractivity contribution is 7.79. The van der Waals surface area contributed by atoms with Crippen molar-refractivity contribution in [1.82, 2.24) is 5.16 Å². The zero-order chi connectivity index (χ0) is 13.1. The summed E-state index contributed by atoms with van der Waals surface area (Å²) in [6.07, 6.45) is 1.21. The molecule has 0 aliphatic carbocycles. The van der Waals surface area contributed by atoms with E-state index in [1.165, 1.54) is 18.4 Å². The molecule has 7 heteroatoms. The summed E-state index contributed by atoms with van der Waals surface area (Å²) in [6, 6.07) is 6.11. The maximum atomic E-state index is 11.9. The van der Waals surface area contributed by atoms with Crippen LogP contribution in [0.2, 0.25) is 0 Å². The van der Waals surface area contributed by atoms with Gasteiger partial charge in [0, 0.05) is 4.90 Å². The Labute approximate surface area is 105 Å². The number of rotatable bonds is 3. The van der Waals surface area contributed by atoms with Crippen molar-refractivity contribution in [1.29, 1.82) is 0 Å². The Morgan fingerprint density at radius 1 is 1.44 bits per heavy atom. The van der Waals surface area contributed by atoms with Crippen LogP contribution in [0.4, 0.5) is 5.69 Å². The van der Waals surface area contributed by atoms with E-state index in [9.17, 15) is 13.6 Å². The lowest BCUT2D eigenvalue weighted by molar-refractivity contribution is 0.102. The third-order valence-corrected chi connectivity index (χ3v) is 3.02. The molecule has 1 N–H and O–H groups in total. The van der Waals surface area contributed by atoms with Gasteiger partial charge in [-0.15, -0.1) is 0 Å². The molecule has 2 rings (SSSR count). The van der Waals surface area contributed by atoms with Crippen LogP contribution in [0, 0.1) is 6.92 Å². The van der Waals surface area contributed by atoms with Crippen molar-refractivity contribution in [2.24, 2.45) is 0 Å². The second-order valence-electron chi connectivity index (χ2n) is 3.50. The molecule has 1 amide bonds. The first-order valence-electron chi connectivity index (χ1n) is 5.00. The van der Waals surface area contributed by atoms with Gasteiger partial charge in [0.05, 0.1) is 11.4 Å². The number of para-hydroxylation sites is 1. The van der Waals surface area contributed by atoms with Crippen LogP contribution < -0.4 is 5.32 Å². The molecule has 0 aliphatic heterocycles. The average molecular weight is 265 g/mol. The summed E-state index contributed by atoms with van der Waals surface area (Å²) in [5.41, 5.74) is 0.922. The second kappa shape index (κ2) is 5.11. The molecule has 0 saturated heterocycles. The van der Waals surface area contributed by atoms with E-state index >= 15 is 0 Å². The molecule has 1 aromatic heterocycles. The first-order valence-corrected chi connectivity index (χ1v) is 6.07. The predicted octanol–water partition coefficient (Wildman–Crippen LogP) is 1.47. The van der Waals surface area contributed by atoms with Gasteiger partial charge in [0.2, 0.25) is 0 Å². The van der Waals surface area contributed by atoms with Gasteiger partial charge in [0.25, 0.3) is 5.91 Å². The number of carbonyl (C=O) groups excluding carboxylic acids is 1. The summed E-state index contributed by atoms with van der Waals surface area (Å²) in [6.45, 7) is 1.62. The Kier molecular flexibility index (Phi) is 3.54. The number of carbonyl (C=O) groups is 1. The minimum absolute atomic E-state index is 0.0277. The Morgan fingerprint density at radius 2 is 2.17 bits per heavy atom. The van der Waals surface area contributed by atoms with Gasteiger partial charge in [-0.2, -0.15) is 0 Å². The third-order valence-electron chi connectivity index (χ3n) is 2.31. The molecule has 1 atom stereocenters. The van der Waals surface area contributed by atoms with Crippen LogP contribution in [-0.4, -0.2) is 19.8 Å². The summed E-state index contributed by atoms with van der Waals surface area (Å²) < 4.78 is 26.6. The summed E-state index contributed by atoms with van der Waals surface area (Å²) in [7, 11) is 0. The fraction of sp³-hybridized carbons (Fsp3) is 0.0909. The van der Waals surface area contributed by atoms with Crippen molar-refractivity contribution >= 4 is 22.7 Å². The van der Waals surface area contributed by atoms with E-state index in [0.717, 1.165) is 0 Å². The molecular weight excluding hydrogens is 256 g/mol. The van der Waals surface area contributed by atoms with E-state index in [2.05, 4.69) is 15.0 Å². The van der Waals surface area contributed by atoms with Crippen LogP contribution >= 0.6 is 0 Å². The molecule has 0 saturated carbocycles. The number of benzene rings is 1. The number of nitrogens with one attached hydrogen (secondary N) is 1. The van der Waals surface area contributed by atoms with Gasteiger partial charge in [-0.25, -0.2) is 0 Å². The van der Waals surface area contributed by atoms with Crippen molar-refractivity contribution < 1.29 is 18.1 Å². The molecular formula is C11H9N2O4S-. The van der Waals surface area contributed by atoms with E-state index < -0.39 is 17.0 Å². The minimum atomic E-state index is -2.41. The number of nitrogens with zero attached hydrogens (tertiary/aromatic N) is 1. The molecule has 1 aromatic carbocycles. The Hall–Kier alpha value is -1.99. The SMILES string of the molecule is Cc1nocc1C(=O)Nc1ccccc1S(=O)[O-]. The van der Waals surface area contributed by atoms with Crippen molar-refractivity contribution in [3.63, 3.8) is 0 Å². The van der Waals surface area contributed by atoms with Crippen LogP contribution in [0.25, 0.3) is 0 Å². The van der Waals surface area contributed by atoms with Crippen LogP contribution in [0.5, 0.6) is 0 Å². The maximum absolute atomic E-state index is 11.9. The van der Waals surface area contributed by atoms with Crippen molar-refractivity contribution in [3.8, 4) is 0 Å². The van der Waals surface area contributed by atoms with Gasteiger partial charge < -0.3 is 14.4 Å². The molecule has 1 heterocycles. The summed E-state index contributed by atoms with van der Waals surface area (Å²) in [4.78, 5) is 11.9. The smallest absolute Gasteiger partial charge is 0.260 e. The molecule has 0 radical (unpaired) electrons. The molecule has 0 spiro atoms. The fourth-order valence-corrected chi connectivity index (χ4v) is 1.90. The van der Waals surface area contributed by atoms with Gasteiger partial charge in [0.1, 0.15) is 11.8 Å². The number of amides is 1. The molecule has 94 valence electrons. The number of anilines is 1. The van der Waals surface area contributed by atoms with E-state index in [1.54, 1.807) is 19.1 Å². The van der Waals surface area contributed by atoms with Crippen molar-refractivity contribution in [2.45, 2.75) is 11.8 Å². The first-order chi connectivity index (χ1) is 8.59. The lowest BCUT2D eigenvalue weighted by Crippen LogP contribution is -2.14. The maximum Gasteiger partial charge on any atom is 0.260 e. The van der Waals surface area contributed by atoms with Crippen LogP contribution in [-0.2, 0) is 11.1 Å². The Balaban J connectivity index is 2.28. The van der Waals surface area contributed by atoms with Crippen LogP contribution in [0.15, 0.2) is 39.9 Å². The molecule has 1 unspecified atom stereocenters. The molecule has 0 bridgehead atoms.